The van der Waals surface area contributed by atoms with E-state index < -0.39 is 0 Å². The lowest BCUT2D eigenvalue weighted by Crippen LogP contribution is -2.30. The summed E-state index contributed by atoms with van der Waals surface area (Å²) in [6, 6.07) is 20.8. The molecule has 1 aliphatic rings. The summed E-state index contributed by atoms with van der Waals surface area (Å²) in [5.74, 6) is -0.609. The van der Waals surface area contributed by atoms with Crippen LogP contribution in [0.3, 0.4) is 0 Å². The minimum Gasteiger partial charge on any atom is -0.375 e. The van der Waals surface area contributed by atoms with Gasteiger partial charge in [-0.2, -0.15) is 0 Å². The van der Waals surface area contributed by atoms with Crippen LogP contribution in [0, 0.1) is 5.82 Å². The first-order valence-corrected chi connectivity index (χ1v) is 12.3. The fourth-order valence-electron chi connectivity index (χ4n) is 4.48. The summed E-state index contributed by atoms with van der Waals surface area (Å²) in [7, 11) is 1.45. The summed E-state index contributed by atoms with van der Waals surface area (Å²) in [6.45, 7) is -0.0770. The molecule has 1 amide bonds. The fraction of sp³-hybridized carbons (Fsp3) is 0.148. The van der Waals surface area contributed by atoms with Gasteiger partial charge < -0.3 is 24.8 Å². The summed E-state index contributed by atoms with van der Waals surface area (Å²) >= 11 is 12.4. The lowest BCUT2D eigenvalue weighted by molar-refractivity contribution is -0.119. The molecule has 4 aromatic rings. The van der Waals surface area contributed by atoms with Gasteiger partial charge in [0, 0.05) is 36.6 Å². The van der Waals surface area contributed by atoms with Gasteiger partial charge in [0.15, 0.2) is 5.11 Å². The zero-order valence-corrected chi connectivity index (χ0v) is 21.3. The smallest absolute Gasteiger partial charge is 0.250 e. The Labute approximate surface area is 223 Å². The lowest BCUT2D eigenvalue weighted by atomic mass is 10.0. The molecule has 3 heterocycles. The van der Waals surface area contributed by atoms with Gasteiger partial charge in [-0.1, -0.05) is 17.7 Å². The first-order chi connectivity index (χ1) is 18.0. The van der Waals surface area contributed by atoms with Gasteiger partial charge >= 0.3 is 0 Å². The molecule has 7 nitrogen and oxygen atoms in total. The highest BCUT2D eigenvalue weighted by Crippen LogP contribution is 2.43. The first-order valence-electron chi connectivity index (χ1n) is 11.5. The van der Waals surface area contributed by atoms with Gasteiger partial charge in [-0.05, 0) is 78.9 Å². The molecule has 37 heavy (non-hydrogen) atoms. The van der Waals surface area contributed by atoms with E-state index in [2.05, 4.69) is 15.6 Å². The van der Waals surface area contributed by atoms with E-state index in [1.165, 1.54) is 19.2 Å². The van der Waals surface area contributed by atoms with Crippen LogP contribution in [0.15, 0.2) is 85.2 Å². The van der Waals surface area contributed by atoms with Crippen molar-refractivity contribution in [2.45, 2.75) is 12.1 Å². The number of aromatic nitrogens is 2. The van der Waals surface area contributed by atoms with Gasteiger partial charge in [0.1, 0.15) is 18.5 Å². The molecule has 2 aromatic carbocycles. The Hall–Kier alpha value is -3.79. The zero-order valence-electron chi connectivity index (χ0n) is 19.8. The molecule has 1 fully saturated rings. The number of pyridine rings is 1. The number of ether oxygens (including phenoxy) is 1. The molecule has 2 aromatic heterocycles. The number of anilines is 2. The normalized spacial score (nSPS) is 17.1. The molecule has 0 bridgehead atoms. The topological polar surface area (TPSA) is 71.4 Å². The van der Waals surface area contributed by atoms with Crippen LogP contribution in [0.5, 0.6) is 0 Å². The first kappa shape index (κ1) is 24.9. The number of amides is 1. The maximum absolute atomic E-state index is 13.6. The average molecular weight is 536 g/mol. The number of thiocarbonyl (C=S) groups is 1. The van der Waals surface area contributed by atoms with Gasteiger partial charge in [0.25, 0.3) is 0 Å². The average Bonchev–Trinajstić information content (AvgIpc) is 3.51. The Balaban J connectivity index is 1.58. The number of benzene rings is 2. The molecule has 2 N–H and O–H groups in total. The van der Waals surface area contributed by atoms with Crippen LogP contribution in [-0.2, 0) is 9.53 Å². The second kappa shape index (κ2) is 10.7. The maximum atomic E-state index is 13.6. The molecule has 0 unspecified atom stereocenters. The molecule has 0 radical (unpaired) electrons. The van der Waals surface area contributed by atoms with Crippen molar-refractivity contribution < 1.29 is 13.9 Å². The zero-order chi connectivity index (χ0) is 25.9. The van der Waals surface area contributed by atoms with Crippen LogP contribution in [0.25, 0.3) is 5.69 Å². The van der Waals surface area contributed by atoms with Crippen LogP contribution < -0.4 is 15.5 Å². The predicted octanol–water partition coefficient (Wildman–Crippen LogP) is 5.43. The summed E-state index contributed by atoms with van der Waals surface area (Å²) < 4.78 is 20.5. The van der Waals surface area contributed by atoms with Crippen molar-refractivity contribution in [3.63, 3.8) is 0 Å². The molecule has 0 spiro atoms. The Morgan fingerprint density at radius 3 is 2.62 bits per heavy atom. The number of rotatable bonds is 7. The standard InChI is InChI=1S/C27H23ClFN5O2S/c1-36-16-24(35)31-21-12-11-19(15-20(21)28)34-26(25(32-27(34)37)22-5-2-3-13-30-22)23-6-4-14-33(23)18-9-7-17(29)8-10-18/h2-15,25-26H,16H2,1H3,(H,31,35)(H,32,37)/t25-,26-/m1/s1. The van der Waals surface area contributed by atoms with Gasteiger partial charge in [-0.15, -0.1) is 0 Å². The molecule has 5 rings (SSSR count). The van der Waals surface area contributed by atoms with E-state index in [-0.39, 0.29) is 30.4 Å². The summed E-state index contributed by atoms with van der Waals surface area (Å²) in [4.78, 5) is 18.6. The molecule has 0 saturated carbocycles. The highest BCUT2D eigenvalue weighted by Gasteiger charge is 2.42. The second-order valence-electron chi connectivity index (χ2n) is 8.42. The molecule has 0 aliphatic carbocycles. The quantitative estimate of drug-likeness (QED) is 0.308. The van der Waals surface area contributed by atoms with Crippen LogP contribution >= 0.6 is 23.8 Å². The Bertz CT molecular complexity index is 1430. The van der Waals surface area contributed by atoms with Crippen molar-refractivity contribution in [1.29, 1.82) is 0 Å². The van der Waals surface area contributed by atoms with Crippen molar-refractivity contribution >= 4 is 46.2 Å². The summed E-state index contributed by atoms with van der Waals surface area (Å²) in [5, 5.41) is 7.02. The number of nitrogens with zero attached hydrogens (tertiary/aromatic N) is 3. The van der Waals surface area contributed by atoms with E-state index in [0.29, 0.717) is 15.8 Å². The van der Waals surface area contributed by atoms with Crippen molar-refractivity contribution in [2.75, 3.05) is 23.9 Å². The molecular formula is C27H23ClFN5O2S. The van der Waals surface area contributed by atoms with Crippen molar-refractivity contribution in [3.8, 4) is 5.69 Å². The van der Waals surface area contributed by atoms with Gasteiger partial charge in [-0.3, -0.25) is 9.78 Å². The third-order valence-corrected chi connectivity index (χ3v) is 6.69. The van der Waals surface area contributed by atoms with E-state index in [9.17, 15) is 9.18 Å². The molecule has 188 valence electrons. The van der Waals surface area contributed by atoms with Crippen LogP contribution in [0.2, 0.25) is 5.02 Å². The molecule has 1 aliphatic heterocycles. The van der Waals surface area contributed by atoms with Gasteiger partial charge in [0.05, 0.1) is 22.4 Å². The van der Waals surface area contributed by atoms with Crippen LogP contribution in [0.1, 0.15) is 23.5 Å². The SMILES string of the molecule is COCC(=O)Nc1ccc(N2C(=S)N[C@H](c3ccccn3)[C@H]2c2cccn2-c2ccc(F)cc2)cc1Cl. The van der Waals surface area contributed by atoms with E-state index in [4.69, 9.17) is 28.6 Å². The number of halogens is 2. The minimum absolute atomic E-state index is 0.0770. The van der Waals surface area contributed by atoms with Crippen molar-refractivity contribution in [2.24, 2.45) is 0 Å². The number of hydrogen-bond acceptors (Lipinski definition) is 4. The molecule has 10 heteroatoms. The molecular weight excluding hydrogens is 513 g/mol. The Kier molecular flexibility index (Phi) is 7.18. The highest BCUT2D eigenvalue weighted by molar-refractivity contribution is 7.80. The summed E-state index contributed by atoms with van der Waals surface area (Å²) in [5.41, 5.74) is 3.76. The number of nitrogens with one attached hydrogen (secondary N) is 2. The maximum Gasteiger partial charge on any atom is 0.250 e. The van der Waals surface area contributed by atoms with Crippen LogP contribution in [0.4, 0.5) is 15.8 Å². The van der Waals surface area contributed by atoms with Crippen molar-refractivity contribution in [1.82, 2.24) is 14.9 Å². The largest absolute Gasteiger partial charge is 0.375 e. The second-order valence-corrected chi connectivity index (χ2v) is 9.22. The predicted molar refractivity (Wildman–Crippen MR) is 146 cm³/mol. The van der Waals surface area contributed by atoms with Crippen LogP contribution in [-0.4, -0.2) is 34.3 Å². The highest BCUT2D eigenvalue weighted by atomic mass is 35.5. The number of methoxy groups -OCH3 is 1. The minimum atomic E-state index is -0.313. The van der Waals surface area contributed by atoms with Gasteiger partial charge in [-0.25, -0.2) is 4.39 Å². The van der Waals surface area contributed by atoms with Gasteiger partial charge in [0.2, 0.25) is 5.91 Å². The Morgan fingerprint density at radius 2 is 1.92 bits per heavy atom. The number of carbonyl (C=O) groups excluding carboxylic acids is 1. The summed E-state index contributed by atoms with van der Waals surface area (Å²) in [6.07, 6.45) is 3.67. The fourth-order valence-corrected chi connectivity index (χ4v) is 5.05. The van der Waals surface area contributed by atoms with E-state index in [1.807, 2.05) is 52.1 Å². The molecule has 2 atom stereocenters. The monoisotopic (exact) mass is 535 g/mol. The number of carbonyl (C=O) groups is 1. The van der Waals surface area contributed by atoms with Crippen molar-refractivity contribution in [3.05, 3.63) is 107 Å². The third-order valence-electron chi connectivity index (χ3n) is 6.07. The lowest BCUT2D eigenvalue weighted by Gasteiger charge is -2.29. The van der Waals surface area contributed by atoms with E-state index >= 15 is 0 Å². The van der Waals surface area contributed by atoms with E-state index in [1.54, 1.807) is 30.5 Å². The third kappa shape index (κ3) is 5.06. The Morgan fingerprint density at radius 1 is 1.14 bits per heavy atom. The van der Waals surface area contributed by atoms with E-state index in [0.717, 1.165) is 22.8 Å². The molecule has 1 saturated heterocycles. The number of hydrogen-bond donors (Lipinski definition) is 2.